The Morgan fingerprint density at radius 2 is 1.81 bits per heavy atom. The van der Waals surface area contributed by atoms with E-state index in [1.165, 1.54) is 0 Å². The van der Waals surface area contributed by atoms with E-state index in [9.17, 15) is 22.8 Å². The molecule has 26 heavy (non-hydrogen) atoms. The molecular weight excluding hydrogens is 349 g/mol. The van der Waals surface area contributed by atoms with Crippen LogP contribution in [0.2, 0.25) is 0 Å². The number of halogens is 3. The number of rotatable bonds is 2. The molecule has 3 atom stereocenters. The molecule has 1 N–H and O–H groups in total. The molecule has 1 unspecified atom stereocenters. The summed E-state index contributed by atoms with van der Waals surface area (Å²) in [4.78, 5) is 25.0. The van der Waals surface area contributed by atoms with Gasteiger partial charge < -0.3 is 15.0 Å². The van der Waals surface area contributed by atoms with Gasteiger partial charge in [0, 0.05) is 12.5 Å². The number of hydrogen-bond acceptors (Lipinski definition) is 3. The third-order valence-corrected chi connectivity index (χ3v) is 4.72. The highest BCUT2D eigenvalue weighted by atomic mass is 19.4. The van der Waals surface area contributed by atoms with E-state index < -0.39 is 35.4 Å². The van der Waals surface area contributed by atoms with Crippen molar-refractivity contribution in [2.24, 2.45) is 5.92 Å². The molecule has 1 saturated carbocycles. The average Bonchev–Trinajstić information content (AvgIpc) is 3.08. The zero-order chi connectivity index (χ0) is 19.3. The molecule has 1 aliphatic carbocycles. The number of alkyl halides is 3. The van der Waals surface area contributed by atoms with Crippen molar-refractivity contribution in [3.8, 4) is 0 Å². The fourth-order valence-corrected chi connectivity index (χ4v) is 3.72. The van der Waals surface area contributed by atoms with Gasteiger partial charge in [-0.15, -0.1) is 0 Å². The Kier molecular flexibility index (Phi) is 4.20. The average molecular weight is 370 g/mol. The van der Waals surface area contributed by atoms with Crippen LogP contribution in [0, 0.1) is 5.92 Å². The van der Waals surface area contributed by atoms with E-state index in [1.807, 2.05) is 0 Å². The summed E-state index contributed by atoms with van der Waals surface area (Å²) in [6, 6.07) is 7.59. The molecule has 0 bridgehead atoms. The van der Waals surface area contributed by atoms with Gasteiger partial charge in [0.15, 0.2) is 0 Å². The molecule has 1 saturated heterocycles. The SMILES string of the molecule is CC(C)(C)OC(=O)N[C@@]12CC1CN(C(=O)C(F)(F)F)[C@@H]2c1ccccc1. The molecule has 1 aromatic carbocycles. The molecule has 1 heterocycles. The van der Waals surface area contributed by atoms with Gasteiger partial charge in [-0.2, -0.15) is 13.2 Å². The summed E-state index contributed by atoms with van der Waals surface area (Å²) in [5, 5.41) is 2.75. The number of hydrogen-bond donors (Lipinski definition) is 1. The van der Waals surface area contributed by atoms with E-state index in [0.717, 1.165) is 4.90 Å². The van der Waals surface area contributed by atoms with Gasteiger partial charge in [-0.05, 0) is 32.8 Å². The minimum atomic E-state index is -4.96. The smallest absolute Gasteiger partial charge is 0.444 e. The Morgan fingerprint density at radius 3 is 2.35 bits per heavy atom. The molecule has 2 fully saturated rings. The lowest BCUT2D eigenvalue weighted by atomic mass is 9.97. The summed E-state index contributed by atoms with van der Waals surface area (Å²) in [5.74, 6) is -2.12. The molecule has 1 aliphatic heterocycles. The fourth-order valence-electron chi connectivity index (χ4n) is 3.72. The normalized spacial score (nSPS) is 27.7. The molecule has 0 radical (unpaired) electrons. The Balaban J connectivity index is 1.91. The van der Waals surface area contributed by atoms with Crippen molar-refractivity contribution >= 4 is 12.0 Å². The summed E-state index contributed by atoms with van der Waals surface area (Å²) in [5.41, 5.74) is -1.10. The zero-order valence-electron chi connectivity index (χ0n) is 14.8. The third kappa shape index (κ3) is 3.37. The second-order valence-electron chi connectivity index (χ2n) is 7.84. The highest BCUT2D eigenvalue weighted by Crippen LogP contribution is 2.60. The van der Waals surface area contributed by atoms with Gasteiger partial charge in [0.1, 0.15) is 5.60 Å². The highest BCUT2D eigenvalue weighted by Gasteiger charge is 2.70. The maximum Gasteiger partial charge on any atom is 0.471 e. The lowest BCUT2D eigenvalue weighted by Crippen LogP contribution is -2.49. The maximum atomic E-state index is 13.0. The number of likely N-dealkylation sites (tertiary alicyclic amines) is 1. The van der Waals surface area contributed by atoms with Crippen LogP contribution in [0.5, 0.6) is 0 Å². The minimum absolute atomic E-state index is 0.0479. The maximum absolute atomic E-state index is 13.0. The van der Waals surface area contributed by atoms with Gasteiger partial charge in [0.05, 0.1) is 11.6 Å². The first-order valence-corrected chi connectivity index (χ1v) is 8.38. The van der Waals surface area contributed by atoms with Gasteiger partial charge in [-0.3, -0.25) is 4.79 Å². The van der Waals surface area contributed by atoms with E-state index in [2.05, 4.69) is 5.32 Å². The van der Waals surface area contributed by atoms with Crippen LogP contribution in [0.1, 0.15) is 38.8 Å². The lowest BCUT2D eigenvalue weighted by molar-refractivity contribution is -0.187. The Labute approximate surface area is 149 Å². The van der Waals surface area contributed by atoms with Crippen LogP contribution in [0.15, 0.2) is 30.3 Å². The van der Waals surface area contributed by atoms with Gasteiger partial charge in [-0.25, -0.2) is 4.79 Å². The van der Waals surface area contributed by atoms with E-state index in [0.29, 0.717) is 12.0 Å². The third-order valence-electron chi connectivity index (χ3n) is 4.72. The summed E-state index contributed by atoms with van der Waals surface area (Å²) in [6.07, 6.45) is -5.15. The van der Waals surface area contributed by atoms with Crippen molar-refractivity contribution in [2.45, 2.75) is 50.6 Å². The van der Waals surface area contributed by atoms with Crippen molar-refractivity contribution in [1.29, 1.82) is 0 Å². The van der Waals surface area contributed by atoms with E-state index in [1.54, 1.807) is 51.1 Å². The van der Waals surface area contributed by atoms with E-state index in [4.69, 9.17) is 4.74 Å². The molecule has 142 valence electrons. The summed E-state index contributed by atoms with van der Waals surface area (Å²) in [6.45, 7) is 5.07. The second-order valence-corrected chi connectivity index (χ2v) is 7.84. The molecule has 2 amide bonds. The van der Waals surface area contributed by atoms with Crippen molar-refractivity contribution in [3.05, 3.63) is 35.9 Å². The number of piperidine rings is 1. The molecule has 8 heteroatoms. The molecule has 1 aromatic rings. The number of ether oxygens (including phenoxy) is 1. The predicted molar refractivity (Wildman–Crippen MR) is 87.2 cm³/mol. The number of carbonyl (C=O) groups excluding carboxylic acids is 2. The Hall–Kier alpha value is -2.25. The predicted octanol–water partition coefficient (Wildman–Crippen LogP) is 3.42. The van der Waals surface area contributed by atoms with Crippen LogP contribution in [0.25, 0.3) is 0 Å². The van der Waals surface area contributed by atoms with Crippen LogP contribution in [-0.4, -0.2) is 40.8 Å². The first kappa shape index (κ1) is 18.5. The number of benzene rings is 1. The van der Waals surface area contributed by atoms with Crippen LogP contribution in [0.4, 0.5) is 18.0 Å². The molecule has 0 spiro atoms. The molecule has 5 nitrogen and oxygen atoms in total. The summed E-state index contributed by atoms with van der Waals surface area (Å²) >= 11 is 0. The van der Waals surface area contributed by atoms with Crippen LogP contribution in [0.3, 0.4) is 0 Å². The fraction of sp³-hybridized carbons (Fsp3) is 0.556. The van der Waals surface area contributed by atoms with Gasteiger partial charge in [0.25, 0.3) is 0 Å². The second kappa shape index (κ2) is 5.89. The lowest BCUT2D eigenvalue weighted by Gasteiger charge is -2.34. The number of fused-ring (bicyclic) bond motifs is 1. The van der Waals surface area contributed by atoms with Crippen molar-refractivity contribution in [2.75, 3.05) is 6.54 Å². The van der Waals surface area contributed by atoms with E-state index >= 15 is 0 Å². The number of amides is 2. The standard InChI is InChI=1S/C18H21F3N2O3/c1-16(2,3)26-15(25)22-17-9-12(17)10-23(14(24)18(19,20)21)13(17)11-7-5-4-6-8-11/h4-8,12-13H,9-10H2,1-3H3,(H,22,25)/t12?,13-,17+/m1/s1. The topological polar surface area (TPSA) is 58.6 Å². The van der Waals surface area contributed by atoms with Crippen molar-refractivity contribution in [1.82, 2.24) is 10.2 Å². The van der Waals surface area contributed by atoms with E-state index in [-0.39, 0.29) is 12.5 Å². The molecule has 3 rings (SSSR count). The Bertz CT molecular complexity index is 715. The summed E-state index contributed by atoms with van der Waals surface area (Å²) in [7, 11) is 0. The van der Waals surface area contributed by atoms with Crippen LogP contribution >= 0.6 is 0 Å². The summed E-state index contributed by atoms with van der Waals surface area (Å²) < 4.78 is 44.4. The molecule has 2 aliphatic rings. The van der Waals surface area contributed by atoms with Gasteiger partial charge in [-0.1, -0.05) is 30.3 Å². The highest BCUT2D eigenvalue weighted by molar-refractivity contribution is 5.84. The largest absolute Gasteiger partial charge is 0.471 e. The number of alkyl carbamates (subject to hydrolysis) is 1. The first-order valence-electron chi connectivity index (χ1n) is 8.38. The Morgan fingerprint density at radius 1 is 1.19 bits per heavy atom. The van der Waals surface area contributed by atoms with Gasteiger partial charge >= 0.3 is 18.2 Å². The minimum Gasteiger partial charge on any atom is -0.444 e. The quantitative estimate of drug-likeness (QED) is 0.868. The van der Waals surface area contributed by atoms with Crippen molar-refractivity contribution < 1.29 is 27.5 Å². The van der Waals surface area contributed by atoms with Crippen LogP contribution in [-0.2, 0) is 9.53 Å². The molecular formula is C18H21F3N2O3. The van der Waals surface area contributed by atoms with Crippen molar-refractivity contribution in [3.63, 3.8) is 0 Å². The number of nitrogens with zero attached hydrogens (tertiary/aromatic N) is 1. The van der Waals surface area contributed by atoms with Gasteiger partial charge in [0.2, 0.25) is 0 Å². The monoisotopic (exact) mass is 370 g/mol. The first-order chi connectivity index (χ1) is 11.9. The number of carbonyl (C=O) groups is 2. The molecule has 0 aromatic heterocycles. The zero-order valence-corrected chi connectivity index (χ0v) is 14.8. The number of nitrogens with one attached hydrogen (secondary N) is 1. The van der Waals surface area contributed by atoms with Crippen LogP contribution < -0.4 is 5.32 Å².